The van der Waals surface area contributed by atoms with Crippen molar-refractivity contribution in [3.63, 3.8) is 0 Å². The van der Waals surface area contributed by atoms with Crippen LogP contribution in [0.4, 0.5) is 0 Å². The molecular weight excluding hydrogens is 368 g/mol. The molecule has 5 rings (SSSR count). The molecule has 0 N–H and O–H groups in total. The van der Waals surface area contributed by atoms with E-state index in [1.807, 2.05) is 23.1 Å². The van der Waals surface area contributed by atoms with Gasteiger partial charge in [0.15, 0.2) is 5.82 Å². The molecule has 0 radical (unpaired) electrons. The summed E-state index contributed by atoms with van der Waals surface area (Å²) in [7, 11) is 1.67. The number of hydrogen-bond acceptors (Lipinski definition) is 6. The third kappa shape index (κ3) is 4.01. The Morgan fingerprint density at radius 1 is 1.24 bits per heavy atom. The summed E-state index contributed by atoms with van der Waals surface area (Å²) < 4.78 is 10.7. The number of carbonyl (C=O) groups excluding carboxylic acids is 1. The van der Waals surface area contributed by atoms with Gasteiger partial charge in [0, 0.05) is 25.4 Å². The molecule has 1 aliphatic carbocycles. The number of methoxy groups -OCH3 is 1. The van der Waals surface area contributed by atoms with Crippen molar-refractivity contribution in [1.82, 2.24) is 19.9 Å². The fraction of sp³-hybridized carbons (Fsp3) is 0.591. The van der Waals surface area contributed by atoms with Crippen LogP contribution in [0.2, 0.25) is 0 Å². The van der Waals surface area contributed by atoms with Crippen LogP contribution in [0.1, 0.15) is 55.3 Å². The maximum Gasteiger partial charge on any atom is 0.229 e. The molecule has 3 aliphatic rings. The van der Waals surface area contributed by atoms with Crippen molar-refractivity contribution in [2.45, 2.75) is 51.1 Å². The predicted octanol–water partition coefficient (Wildman–Crippen LogP) is 2.97. The zero-order chi connectivity index (χ0) is 19.8. The highest BCUT2D eigenvalue weighted by molar-refractivity contribution is 5.79. The lowest BCUT2D eigenvalue weighted by Crippen LogP contribution is -2.41. The number of likely N-dealkylation sites (tertiary alicyclic amines) is 2. The number of rotatable bonds is 6. The summed E-state index contributed by atoms with van der Waals surface area (Å²) >= 11 is 0. The topological polar surface area (TPSA) is 71.7 Å². The first kappa shape index (κ1) is 18.6. The first-order chi connectivity index (χ1) is 14.1. The molecule has 2 saturated heterocycles. The summed E-state index contributed by atoms with van der Waals surface area (Å²) in [6.45, 7) is 4.22. The molecule has 1 aromatic carbocycles. The van der Waals surface area contributed by atoms with Crippen LogP contribution in [-0.4, -0.2) is 52.6 Å². The largest absolute Gasteiger partial charge is 0.497 e. The highest BCUT2D eigenvalue weighted by atomic mass is 16.5. The highest BCUT2D eigenvalue weighted by Crippen LogP contribution is 2.42. The van der Waals surface area contributed by atoms with Gasteiger partial charge in [-0.2, -0.15) is 4.98 Å². The second-order valence-electron chi connectivity index (χ2n) is 8.88. The summed E-state index contributed by atoms with van der Waals surface area (Å²) in [5.74, 6) is 3.21. The lowest BCUT2D eigenvalue weighted by molar-refractivity contribution is -0.128. The number of amides is 1. The van der Waals surface area contributed by atoms with Crippen molar-refractivity contribution in [2.24, 2.45) is 5.41 Å². The monoisotopic (exact) mass is 396 g/mol. The van der Waals surface area contributed by atoms with E-state index in [1.165, 1.54) is 12.8 Å². The summed E-state index contributed by atoms with van der Waals surface area (Å²) in [6.07, 6.45) is 5.10. The van der Waals surface area contributed by atoms with Crippen molar-refractivity contribution in [3.05, 3.63) is 41.5 Å². The van der Waals surface area contributed by atoms with Gasteiger partial charge in [-0.3, -0.25) is 9.69 Å². The smallest absolute Gasteiger partial charge is 0.229 e. The molecule has 2 aromatic rings. The lowest BCUT2D eigenvalue weighted by atomic mass is 9.77. The number of benzene rings is 1. The molecule has 154 valence electrons. The van der Waals surface area contributed by atoms with E-state index in [9.17, 15) is 4.79 Å². The molecule has 29 heavy (non-hydrogen) atoms. The fourth-order valence-corrected chi connectivity index (χ4v) is 4.67. The van der Waals surface area contributed by atoms with Gasteiger partial charge >= 0.3 is 0 Å². The average Bonchev–Trinajstić information content (AvgIpc) is 3.41. The second-order valence-corrected chi connectivity index (χ2v) is 8.88. The predicted molar refractivity (Wildman–Crippen MR) is 106 cm³/mol. The summed E-state index contributed by atoms with van der Waals surface area (Å²) in [4.78, 5) is 21.7. The van der Waals surface area contributed by atoms with Crippen molar-refractivity contribution in [3.8, 4) is 5.75 Å². The Morgan fingerprint density at radius 3 is 2.83 bits per heavy atom. The fourth-order valence-electron chi connectivity index (χ4n) is 4.67. The number of ether oxygens (including phenoxy) is 1. The molecule has 3 heterocycles. The SMILES string of the molecule is COc1cccc(CN2CC3(CCN(Cc4noc(C5CC5)n4)CC3)CC2=O)c1. The van der Waals surface area contributed by atoms with Crippen molar-refractivity contribution in [2.75, 3.05) is 26.7 Å². The Balaban J connectivity index is 1.16. The van der Waals surface area contributed by atoms with Gasteiger partial charge < -0.3 is 14.2 Å². The van der Waals surface area contributed by atoms with E-state index >= 15 is 0 Å². The maximum atomic E-state index is 12.7. The molecule has 1 saturated carbocycles. The number of hydrogen-bond donors (Lipinski definition) is 0. The minimum atomic E-state index is 0.114. The Hall–Kier alpha value is -2.41. The Labute approximate surface area is 171 Å². The summed E-state index contributed by atoms with van der Waals surface area (Å²) in [6, 6.07) is 7.99. The van der Waals surface area contributed by atoms with Gasteiger partial charge in [0.2, 0.25) is 11.8 Å². The molecule has 7 heteroatoms. The maximum absolute atomic E-state index is 12.7. The first-order valence-electron chi connectivity index (χ1n) is 10.6. The number of nitrogens with zero attached hydrogens (tertiary/aromatic N) is 4. The van der Waals surface area contributed by atoms with E-state index in [4.69, 9.17) is 9.26 Å². The molecule has 1 spiro atoms. The van der Waals surface area contributed by atoms with Crippen LogP contribution in [0.3, 0.4) is 0 Å². The molecule has 7 nitrogen and oxygen atoms in total. The second kappa shape index (κ2) is 7.44. The van der Waals surface area contributed by atoms with Gasteiger partial charge in [-0.1, -0.05) is 17.3 Å². The van der Waals surface area contributed by atoms with E-state index < -0.39 is 0 Å². The molecule has 0 atom stereocenters. The standard InChI is InChI=1S/C22H28N4O3/c1-28-18-4-2-3-16(11-18)13-26-15-22(12-20(26)27)7-9-25(10-8-22)14-19-23-21(29-24-19)17-5-6-17/h2-4,11,17H,5-10,12-15H2,1H3. The van der Waals surface area contributed by atoms with Crippen LogP contribution in [0.5, 0.6) is 5.75 Å². The highest BCUT2D eigenvalue weighted by Gasteiger charge is 2.44. The molecular formula is C22H28N4O3. The van der Waals surface area contributed by atoms with Crippen LogP contribution < -0.4 is 4.74 Å². The van der Waals surface area contributed by atoms with Gasteiger partial charge in [-0.15, -0.1) is 0 Å². The zero-order valence-corrected chi connectivity index (χ0v) is 17.0. The Kier molecular flexibility index (Phi) is 4.78. The first-order valence-corrected chi connectivity index (χ1v) is 10.6. The summed E-state index contributed by atoms with van der Waals surface area (Å²) in [5.41, 5.74) is 1.24. The van der Waals surface area contributed by atoms with Gasteiger partial charge in [0.05, 0.1) is 13.7 Å². The molecule has 1 amide bonds. The van der Waals surface area contributed by atoms with E-state index in [1.54, 1.807) is 7.11 Å². The van der Waals surface area contributed by atoms with Crippen LogP contribution in [-0.2, 0) is 17.9 Å². The quantitative estimate of drug-likeness (QED) is 0.748. The molecule has 1 aromatic heterocycles. The normalized spacial score (nSPS) is 21.8. The number of carbonyl (C=O) groups is 1. The molecule has 2 aliphatic heterocycles. The van der Waals surface area contributed by atoms with Crippen molar-refractivity contribution in [1.29, 1.82) is 0 Å². The third-order valence-corrected chi connectivity index (χ3v) is 6.60. The minimum absolute atomic E-state index is 0.114. The summed E-state index contributed by atoms with van der Waals surface area (Å²) in [5, 5.41) is 4.15. The van der Waals surface area contributed by atoms with E-state index in [0.29, 0.717) is 18.9 Å². The van der Waals surface area contributed by atoms with Gasteiger partial charge in [0.1, 0.15) is 5.75 Å². The van der Waals surface area contributed by atoms with Gasteiger partial charge in [-0.25, -0.2) is 0 Å². The van der Waals surface area contributed by atoms with E-state index in [0.717, 1.165) is 62.0 Å². The van der Waals surface area contributed by atoms with E-state index in [2.05, 4.69) is 21.1 Å². The van der Waals surface area contributed by atoms with Crippen LogP contribution in [0.25, 0.3) is 0 Å². The zero-order valence-electron chi connectivity index (χ0n) is 17.0. The third-order valence-electron chi connectivity index (χ3n) is 6.60. The lowest BCUT2D eigenvalue weighted by Gasteiger charge is -2.38. The van der Waals surface area contributed by atoms with Crippen molar-refractivity contribution < 1.29 is 14.1 Å². The van der Waals surface area contributed by atoms with E-state index in [-0.39, 0.29) is 11.3 Å². The molecule has 3 fully saturated rings. The minimum Gasteiger partial charge on any atom is -0.497 e. The Morgan fingerprint density at radius 2 is 2.07 bits per heavy atom. The molecule has 0 bridgehead atoms. The molecule has 0 unspecified atom stereocenters. The van der Waals surface area contributed by atoms with Gasteiger partial charge in [-0.05, 0) is 61.9 Å². The van der Waals surface area contributed by atoms with Crippen LogP contribution >= 0.6 is 0 Å². The number of aromatic nitrogens is 2. The van der Waals surface area contributed by atoms with Crippen LogP contribution in [0, 0.1) is 5.41 Å². The average molecular weight is 396 g/mol. The van der Waals surface area contributed by atoms with Crippen LogP contribution in [0.15, 0.2) is 28.8 Å². The number of piperidine rings is 1. The Bertz CT molecular complexity index is 884. The van der Waals surface area contributed by atoms with Crippen molar-refractivity contribution >= 4 is 5.91 Å². The van der Waals surface area contributed by atoms with Gasteiger partial charge in [0.25, 0.3) is 0 Å².